The third-order valence-corrected chi connectivity index (χ3v) is 7.55. The molecule has 1 saturated heterocycles. The number of aromatic nitrogens is 2. The van der Waals surface area contributed by atoms with Crippen LogP contribution < -0.4 is 10.2 Å². The van der Waals surface area contributed by atoms with Crippen molar-refractivity contribution in [2.45, 2.75) is 77.3 Å². The van der Waals surface area contributed by atoms with E-state index in [4.69, 9.17) is 0 Å². The van der Waals surface area contributed by atoms with Gasteiger partial charge in [-0.2, -0.15) is 5.10 Å². The fraction of sp³-hybridized carbons (Fsp3) is 0.818. The zero-order valence-corrected chi connectivity index (χ0v) is 17.1. The number of nitrogens with zero attached hydrogens (tertiary/aromatic N) is 3. The quantitative estimate of drug-likeness (QED) is 0.881. The third kappa shape index (κ3) is 2.98. The van der Waals surface area contributed by atoms with Gasteiger partial charge in [-0.1, -0.05) is 0 Å². The molecule has 1 N–H and O–H groups in total. The average Bonchev–Trinajstić information content (AvgIpc) is 3.25. The Labute approximate surface area is 162 Å². The number of anilines is 1. The fourth-order valence-corrected chi connectivity index (χ4v) is 6.62. The van der Waals surface area contributed by atoms with Crippen molar-refractivity contribution in [2.24, 2.45) is 23.7 Å². The first kappa shape index (κ1) is 17.6. The Kier molecular flexibility index (Phi) is 4.07. The Morgan fingerprint density at radius 2 is 1.63 bits per heavy atom. The molecule has 0 unspecified atom stereocenters. The summed E-state index contributed by atoms with van der Waals surface area (Å²) < 4.78 is 2.06. The standard InChI is InChI=1S/C22H34N4O/c1-22(2,3)26-21(25-6-4-5-7-25)18(13-23-26)20(27)24-19-16-9-14-8-15(11-16)12-17(19)10-14/h13-17,19H,4-12H2,1-3H3,(H,24,27). The first-order chi connectivity index (χ1) is 12.9. The highest BCUT2D eigenvalue weighted by atomic mass is 16.1. The molecule has 5 fully saturated rings. The molecule has 4 aliphatic carbocycles. The number of hydrogen-bond donors (Lipinski definition) is 1. The summed E-state index contributed by atoms with van der Waals surface area (Å²) in [6.07, 6.45) is 11.0. The maximum absolute atomic E-state index is 13.4. The molecule has 6 rings (SSSR count). The first-order valence-electron chi connectivity index (χ1n) is 11.0. The first-order valence-corrected chi connectivity index (χ1v) is 11.0. The Hall–Kier alpha value is -1.52. The van der Waals surface area contributed by atoms with Gasteiger partial charge in [-0.15, -0.1) is 0 Å². The van der Waals surface area contributed by atoms with Gasteiger partial charge in [0.25, 0.3) is 5.91 Å². The molecule has 2 heterocycles. The van der Waals surface area contributed by atoms with Gasteiger partial charge in [0.1, 0.15) is 11.4 Å². The van der Waals surface area contributed by atoms with Crippen molar-refractivity contribution in [3.63, 3.8) is 0 Å². The van der Waals surface area contributed by atoms with Crippen molar-refractivity contribution in [1.29, 1.82) is 0 Å². The highest BCUT2D eigenvalue weighted by Crippen LogP contribution is 2.53. The molecule has 1 aromatic rings. The molecule has 5 heteroatoms. The molecular formula is C22H34N4O. The second kappa shape index (κ2) is 6.25. The van der Waals surface area contributed by atoms with Crippen LogP contribution in [-0.4, -0.2) is 34.8 Å². The van der Waals surface area contributed by atoms with Crippen LogP contribution >= 0.6 is 0 Å². The highest BCUT2D eigenvalue weighted by molar-refractivity contribution is 5.99. The van der Waals surface area contributed by atoms with Gasteiger partial charge < -0.3 is 10.2 Å². The molecule has 0 radical (unpaired) electrons. The minimum Gasteiger partial charge on any atom is -0.356 e. The molecule has 0 atom stereocenters. The van der Waals surface area contributed by atoms with Gasteiger partial charge in [0.15, 0.2) is 0 Å². The molecule has 148 valence electrons. The van der Waals surface area contributed by atoms with Crippen molar-refractivity contribution >= 4 is 11.7 Å². The van der Waals surface area contributed by atoms with Gasteiger partial charge in [-0.05, 0) is 89.4 Å². The molecule has 0 aromatic carbocycles. The molecule has 27 heavy (non-hydrogen) atoms. The van der Waals surface area contributed by atoms with Gasteiger partial charge in [0, 0.05) is 19.1 Å². The van der Waals surface area contributed by atoms with Crippen LogP contribution in [0, 0.1) is 23.7 Å². The maximum atomic E-state index is 13.4. The summed E-state index contributed by atoms with van der Waals surface area (Å²) in [7, 11) is 0. The summed E-state index contributed by atoms with van der Waals surface area (Å²) in [6, 6.07) is 0.384. The second-order valence-electron chi connectivity index (χ2n) is 10.6. The number of rotatable bonds is 3. The van der Waals surface area contributed by atoms with E-state index in [1.54, 1.807) is 0 Å². The molecule has 4 saturated carbocycles. The molecule has 1 aliphatic heterocycles. The Morgan fingerprint density at radius 3 is 2.19 bits per heavy atom. The summed E-state index contributed by atoms with van der Waals surface area (Å²) in [5, 5.41) is 8.14. The van der Waals surface area contributed by atoms with E-state index in [1.165, 1.54) is 44.9 Å². The maximum Gasteiger partial charge on any atom is 0.256 e. The molecular weight excluding hydrogens is 336 g/mol. The predicted octanol–water partition coefficient (Wildman–Crippen LogP) is 3.79. The topological polar surface area (TPSA) is 50.2 Å². The number of nitrogens with one attached hydrogen (secondary N) is 1. The largest absolute Gasteiger partial charge is 0.356 e. The summed E-state index contributed by atoms with van der Waals surface area (Å²) in [5.41, 5.74) is 0.652. The number of carbonyl (C=O) groups is 1. The van der Waals surface area contributed by atoms with Crippen molar-refractivity contribution in [3.8, 4) is 0 Å². The molecule has 1 amide bonds. The van der Waals surface area contributed by atoms with E-state index in [0.29, 0.717) is 17.9 Å². The monoisotopic (exact) mass is 370 g/mol. The number of hydrogen-bond acceptors (Lipinski definition) is 3. The predicted molar refractivity (Wildman–Crippen MR) is 107 cm³/mol. The molecule has 5 nitrogen and oxygen atoms in total. The number of amides is 1. The van der Waals surface area contributed by atoms with Gasteiger partial charge in [-0.25, -0.2) is 4.68 Å². The lowest BCUT2D eigenvalue weighted by Gasteiger charge is -2.54. The normalized spacial score (nSPS) is 35.1. The minimum absolute atomic E-state index is 0.102. The van der Waals surface area contributed by atoms with E-state index in [-0.39, 0.29) is 11.4 Å². The van der Waals surface area contributed by atoms with E-state index >= 15 is 0 Å². The summed E-state index contributed by atoms with van der Waals surface area (Å²) in [4.78, 5) is 15.7. The van der Waals surface area contributed by atoms with Crippen molar-refractivity contribution in [2.75, 3.05) is 18.0 Å². The van der Waals surface area contributed by atoms with Crippen molar-refractivity contribution < 1.29 is 4.79 Å². The Bertz CT molecular complexity index is 697. The average molecular weight is 371 g/mol. The van der Waals surface area contributed by atoms with E-state index in [0.717, 1.165) is 36.3 Å². The Morgan fingerprint density at radius 1 is 1.04 bits per heavy atom. The van der Waals surface area contributed by atoms with Gasteiger partial charge >= 0.3 is 0 Å². The second-order valence-corrected chi connectivity index (χ2v) is 10.6. The lowest BCUT2D eigenvalue weighted by molar-refractivity contribution is -0.0119. The fourth-order valence-electron chi connectivity index (χ4n) is 6.62. The van der Waals surface area contributed by atoms with Crippen LogP contribution in [0.1, 0.15) is 76.1 Å². The van der Waals surface area contributed by atoms with Gasteiger partial charge in [0.2, 0.25) is 0 Å². The SMILES string of the molecule is CC(C)(C)n1ncc(C(=O)NC2C3CC4CC(C3)CC2C4)c1N1CCCC1. The lowest BCUT2D eigenvalue weighted by Crippen LogP contribution is -2.55. The van der Waals surface area contributed by atoms with Crippen LogP contribution in [0.4, 0.5) is 5.82 Å². The van der Waals surface area contributed by atoms with Crippen molar-refractivity contribution in [1.82, 2.24) is 15.1 Å². The van der Waals surface area contributed by atoms with Crippen LogP contribution in [0.15, 0.2) is 6.20 Å². The number of carbonyl (C=O) groups excluding carboxylic acids is 1. The highest BCUT2D eigenvalue weighted by Gasteiger charge is 2.48. The van der Waals surface area contributed by atoms with Crippen molar-refractivity contribution in [3.05, 3.63) is 11.8 Å². The van der Waals surface area contributed by atoms with E-state index < -0.39 is 0 Å². The zero-order chi connectivity index (χ0) is 18.8. The molecule has 5 aliphatic rings. The summed E-state index contributed by atoms with van der Waals surface area (Å²) in [5.74, 6) is 4.41. The van der Waals surface area contributed by atoms with Gasteiger partial charge in [-0.3, -0.25) is 4.79 Å². The van der Waals surface area contributed by atoms with Crippen LogP contribution in [-0.2, 0) is 5.54 Å². The lowest BCUT2D eigenvalue weighted by atomic mass is 9.54. The minimum atomic E-state index is -0.126. The summed E-state index contributed by atoms with van der Waals surface area (Å²) >= 11 is 0. The Balaban J connectivity index is 1.41. The zero-order valence-electron chi connectivity index (χ0n) is 17.1. The van der Waals surface area contributed by atoms with Crippen LogP contribution in [0.2, 0.25) is 0 Å². The van der Waals surface area contributed by atoms with Crippen LogP contribution in [0.25, 0.3) is 0 Å². The smallest absolute Gasteiger partial charge is 0.256 e. The third-order valence-electron chi connectivity index (χ3n) is 7.55. The van der Waals surface area contributed by atoms with E-state index in [2.05, 4.69) is 40.8 Å². The molecule has 1 aromatic heterocycles. The van der Waals surface area contributed by atoms with E-state index in [9.17, 15) is 4.79 Å². The van der Waals surface area contributed by atoms with Gasteiger partial charge in [0.05, 0.1) is 11.7 Å². The van der Waals surface area contributed by atoms with Crippen LogP contribution in [0.5, 0.6) is 0 Å². The molecule has 4 bridgehead atoms. The van der Waals surface area contributed by atoms with Crippen LogP contribution in [0.3, 0.4) is 0 Å². The summed E-state index contributed by atoms with van der Waals surface area (Å²) in [6.45, 7) is 8.55. The molecule has 0 spiro atoms. The van der Waals surface area contributed by atoms with E-state index in [1.807, 2.05) is 6.20 Å².